The van der Waals surface area contributed by atoms with Crippen LogP contribution in [-0.2, 0) is 6.18 Å². The zero-order valence-corrected chi connectivity index (χ0v) is 13.7. The molecule has 2 aromatic carbocycles. The van der Waals surface area contributed by atoms with Crippen molar-refractivity contribution >= 4 is 5.69 Å². The summed E-state index contributed by atoms with van der Waals surface area (Å²) < 4.78 is 46.0. The molecule has 0 fully saturated rings. The van der Waals surface area contributed by atoms with Crippen LogP contribution in [0.25, 0.3) is 0 Å². The molecule has 2 aliphatic rings. The highest BCUT2D eigenvalue weighted by molar-refractivity contribution is 5.68. The molecule has 0 aromatic heterocycles. The van der Waals surface area contributed by atoms with Gasteiger partial charge in [0.1, 0.15) is 5.75 Å². The summed E-state index contributed by atoms with van der Waals surface area (Å²) in [6, 6.07) is 11.2. The Morgan fingerprint density at radius 2 is 1.80 bits per heavy atom. The zero-order chi connectivity index (χ0) is 17.6. The number of benzene rings is 2. The van der Waals surface area contributed by atoms with Gasteiger partial charge in [-0.2, -0.15) is 13.2 Å². The third-order valence-electron chi connectivity index (χ3n) is 5.18. The molecule has 1 heterocycles. The van der Waals surface area contributed by atoms with Crippen LogP contribution >= 0.6 is 0 Å². The van der Waals surface area contributed by atoms with E-state index in [9.17, 15) is 13.2 Å². The second kappa shape index (κ2) is 5.83. The van der Waals surface area contributed by atoms with E-state index >= 15 is 0 Å². The van der Waals surface area contributed by atoms with Crippen molar-refractivity contribution in [3.05, 3.63) is 71.3 Å². The summed E-state index contributed by atoms with van der Waals surface area (Å²) in [5, 5.41) is 3.35. The lowest BCUT2D eigenvalue weighted by Crippen LogP contribution is -2.31. The first-order chi connectivity index (χ1) is 12.0. The third kappa shape index (κ3) is 2.58. The molecule has 1 N–H and O–H groups in total. The maximum atomic E-state index is 13.5. The summed E-state index contributed by atoms with van der Waals surface area (Å²) in [4.78, 5) is 0. The fourth-order valence-corrected chi connectivity index (χ4v) is 4.10. The summed E-state index contributed by atoms with van der Waals surface area (Å²) in [7, 11) is 1.58. The second-order valence-corrected chi connectivity index (χ2v) is 6.49. The standard InChI is InChI=1S/C20H18F3NO/c1-25-17-11-5-9-14-12-7-4-8-13(12)18(24-19(14)17)15-6-2-3-10-16(15)20(21,22)23/h2-7,9-13,18,24H,8H2,1H3/t12-,13-,18+/m1/s1. The predicted molar refractivity (Wildman–Crippen MR) is 90.8 cm³/mol. The van der Waals surface area contributed by atoms with Gasteiger partial charge in [-0.15, -0.1) is 0 Å². The molecule has 1 aliphatic heterocycles. The Bertz CT molecular complexity index is 828. The molecule has 0 saturated heterocycles. The first kappa shape index (κ1) is 16.1. The van der Waals surface area contributed by atoms with Crippen LogP contribution in [0.2, 0.25) is 0 Å². The van der Waals surface area contributed by atoms with Crippen molar-refractivity contribution in [1.82, 2.24) is 0 Å². The number of allylic oxidation sites excluding steroid dienone is 2. The number of hydrogen-bond donors (Lipinski definition) is 1. The zero-order valence-electron chi connectivity index (χ0n) is 13.7. The maximum Gasteiger partial charge on any atom is 0.416 e. The van der Waals surface area contributed by atoms with E-state index in [1.807, 2.05) is 18.2 Å². The Balaban J connectivity index is 1.85. The molecule has 0 saturated carbocycles. The van der Waals surface area contributed by atoms with Crippen molar-refractivity contribution < 1.29 is 17.9 Å². The molecule has 5 heteroatoms. The number of para-hydroxylation sites is 1. The smallest absolute Gasteiger partial charge is 0.416 e. The van der Waals surface area contributed by atoms with Crippen molar-refractivity contribution in [2.24, 2.45) is 5.92 Å². The average Bonchev–Trinajstić information content (AvgIpc) is 3.09. The number of anilines is 1. The van der Waals surface area contributed by atoms with Gasteiger partial charge in [0.2, 0.25) is 0 Å². The molecule has 3 atom stereocenters. The number of rotatable bonds is 2. The van der Waals surface area contributed by atoms with E-state index < -0.39 is 17.8 Å². The maximum absolute atomic E-state index is 13.5. The van der Waals surface area contributed by atoms with Gasteiger partial charge in [-0.05, 0) is 35.6 Å². The van der Waals surface area contributed by atoms with Crippen molar-refractivity contribution in [2.75, 3.05) is 12.4 Å². The SMILES string of the molecule is COc1cccc2c1N[C@H](c1ccccc1C(F)(F)F)[C@@H]1CC=C[C@@H]21. The minimum atomic E-state index is -4.37. The topological polar surface area (TPSA) is 21.3 Å². The van der Waals surface area contributed by atoms with Crippen molar-refractivity contribution in [1.29, 1.82) is 0 Å². The van der Waals surface area contributed by atoms with E-state index in [-0.39, 0.29) is 11.8 Å². The van der Waals surface area contributed by atoms with Crippen LogP contribution in [0.15, 0.2) is 54.6 Å². The van der Waals surface area contributed by atoms with Gasteiger partial charge in [-0.25, -0.2) is 0 Å². The number of methoxy groups -OCH3 is 1. The molecule has 25 heavy (non-hydrogen) atoms. The Kier molecular flexibility index (Phi) is 3.74. The number of ether oxygens (including phenoxy) is 1. The van der Waals surface area contributed by atoms with Crippen molar-refractivity contribution in [3.8, 4) is 5.75 Å². The Morgan fingerprint density at radius 3 is 2.56 bits per heavy atom. The van der Waals surface area contributed by atoms with Crippen LogP contribution in [0.4, 0.5) is 18.9 Å². The molecule has 2 nitrogen and oxygen atoms in total. The highest BCUT2D eigenvalue weighted by Crippen LogP contribution is 2.53. The molecule has 0 unspecified atom stereocenters. The van der Waals surface area contributed by atoms with Gasteiger partial charge in [0.25, 0.3) is 0 Å². The molecule has 2 aromatic rings. The molecule has 4 rings (SSSR count). The summed E-state index contributed by atoms with van der Waals surface area (Å²) in [5.41, 5.74) is 1.60. The monoisotopic (exact) mass is 345 g/mol. The molecule has 0 spiro atoms. The molecule has 130 valence electrons. The average molecular weight is 345 g/mol. The fraction of sp³-hybridized carbons (Fsp3) is 0.300. The molecular weight excluding hydrogens is 327 g/mol. The molecule has 0 amide bonds. The van der Waals surface area contributed by atoms with Crippen LogP contribution in [0.3, 0.4) is 0 Å². The summed E-state index contributed by atoms with van der Waals surface area (Å²) in [5.74, 6) is 0.812. The van der Waals surface area contributed by atoms with E-state index in [2.05, 4.69) is 17.5 Å². The van der Waals surface area contributed by atoms with Crippen LogP contribution in [-0.4, -0.2) is 7.11 Å². The highest BCUT2D eigenvalue weighted by Gasteiger charge is 2.43. The van der Waals surface area contributed by atoms with Gasteiger partial charge >= 0.3 is 6.18 Å². The predicted octanol–water partition coefficient (Wildman–Crippen LogP) is 5.54. The van der Waals surface area contributed by atoms with E-state index in [0.29, 0.717) is 11.3 Å². The van der Waals surface area contributed by atoms with Gasteiger partial charge in [0.15, 0.2) is 0 Å². The third-order valence-corrected chi connectivity index (χ3v) is 5.18. The van der Waals surface area contributed by atoms with Crippen LogP contribution in [0.1, 0.15) is 35.1 Å². The highest BCUT2D eigenvalue weighted by atomic mass is 19.4. The van der Waals surface area contributed by atoms with E-state index in [1.54, 1.807) is 19.2 Å². The van der Waals surface area contributed by atoms with E-state index in [1.165, 1.54) is 6.07 Å². The Labute approximate surface area is 144 Å². The first-order valence-corrected chi connectivity index (χ1v) is 8.27. The summed E-state index contributed by atoms with van der Waals surface area (Å²) >= 11 is 0. The number of nitrogens with one attached hydrogen (secondary N) is 1. The van der Waals surface area contributed by atoms with Crippen LogP contribution in [0.5, 0.6) is 5.75 Å². The quantitative estimate of drug-likeness (QED) is 0.722. The second-order valence-electron chi connectivity index (χ2n) is 6.49. The Hall–Kier alpha value is -2.43. The Morgan fingerprint density at radius 1 is 1.04 bits per heavy atom. The lowest BCUT2D eigenvalue weighted by Gasteiger charge is -2.39. The van der Waals surface area contributed by atoms with Gasteiger partial charge < -0.3 is 10.1 Å². The van der Waals surface area contributed by atoms with Gasteiger partial charge in [0, 0.05) is 5.92 Å². The normalized spacial score (nSPS) is 24.4. The van der Waals surface area contributed by atoms with Gasteiger partial charge in [-0.1, -0.05) is 42.5 Å². The van der Waals surface area contributed by atoms with Crippen LogP contribution in [0, 0.1) is 5.92 Å². The van der Waals surface area contributed by atoms with E-state index in [4.69, 9.17) is 4.74 Å². The summed E-state index contributed by atoms with van der Waals surface area (Å²) in [6.07, 6.45) is 0.549. The number of fused-ring (bicyclic) bond motifs is 3. The fourth-order valence-electron chi connectivity index (χ4n) is 4.10. The minimum absolute atomic E-state index is 0.0584. The van der Waals surface area contributed by atoms with Gasteiger partial charge in [0.05, 0.1) is 24.4 Å². The first-order valence-electron chi connectivity index (χ1n) is 8.27. The minimum Gasteiger partial charge on any atom is -0.495 e. The van der Waals surface area contributed by atoms with Crippen molar-refractivity contribution in [2.45, 2.75) is 24.6 Å². The van der Waals surface area contributed by atoms with Crippen LogP contribution < -0.4 is 10.1 Å². The van der Waals surface area contributed by atoms with Crippen molar-refractivity contribution in [3.63, 3.8) is 0 Å². The summed E-state index contributed by atoms with van der Waals surface area (Å²) in [6.45, 7) is 0. The number of halogens is 3. The largest absolute Gasteiger partial charge is 0.495 e. The number of alkyl halides is 3. The number of hydrogen-bond acceptors (Lipinski definition) is 2. The van der Waals surface area contributed by atoms with Gasteiger partial charge in [-0.3, -0.25) is 0 Å². The lowest BCUT2D eigenvalue weighted by molar-refractivity contribution is -0.138. The molecule has 0 radical (unpaired) electrons. The lowest BCUT2D eigenvalue weighted by atomic mass is 9.76. The molecule has 0 bridgehead atoms. The molecular formula is C20H18F3NO. The molecule has 1 aliphatic carbocycles. The van der Waals surface area contributed by atoms with E-state index in [0.717, 1.165) is 23.7 Å².